The van der Waals surface area contributed by atoms with Crippen LogP contribution >= 0.6 is 0 Å². The Labute approximate surface area is 189 Å². The van der Waals surface area contributed by atoms with Crippen LogP contribution < -0.4 is 11.1 Å². The van der Waals surface area contributed by atoms with Crippen molar-refractivity contribution >= 4 is 33.5 Å². The number of amides is 1. The van der Waals surface area contributed by atoms with Crippen LogP contribution in [0.1, 0.15) is 22.1 Å². The van der Waals surface area contributed by atoms with Crippen LogP contribution in [0.25, 0.3) is 33.1 Å². The van der Waals surface area contributed by atoms with Crippen LogP contribution in [0.3, 0.4) is 0 Å². The number of halogens is 3. The summed E-state index contributed by atoms with van der Waals surface area (Å²) in [4.78, 5) is 20.2. The number of nitrogen functional groups attached to an aromatic ring is 1. The molecule has 34 heavy (non-hydrogen) atoms. The van der Waals surface area contributed by atoms with Gasteiger partial charge in [0.05, 0.1) is 17.8 Å². The molecule has 0 radical (unpaired) electrons. The van der Waals surface area contributed by atoms with Gasteiger partial charge in [0.1, 0.15) is 5.52 Å². The number of alkyl halides is 3. The molecule has 174 valence electrons. The second-order valence-corrected chi connectivity index (χ2v) is 7.52. The third kappa shape index (κ3) is 3.80. The Morgan fingerprint density at radius 3 is 2.79 bits per heavy atom. The number of oxazole rings is 1. The van der Waals surface area contributed by atoms with E-state index in [1.165, 1.54) is 6.92 Å². The van der Waals surface area contributed by atoms with Crippen LogP contribution in [0.4, 0.5) is 19.0 Å². The van der Waals surface area contributed by atoms with Crippen molar-refractivity contribution in [2.75, 3.05) is 12.3 Å². The normalized spacial score (nSPS) is 12.0. The molecule has 0 saturated carbocycles. The van der Waals surface area contributed by atoms with Crippen LogP contribution in [0.15, 0.2) is 41.1 Å². The zero-order chi connectivity index (χ0) is 24.0. The Kier molecular flexibility index (Phi) is 4.96. The summed E-state index contributed by atoms with van der Waals surface area (Å²) in [5.74, 6) is -2.42. The summed E-state index contributed by atoms with van der Waals surface area (Å²) in [5.41, 5.74) is 8.20. The Morgan fingerprint density at radius 1 is 1.24 bits per heavy atom. The molecule has 13 heteroatoms. The fourth-order valence-electron chi connectivity index (χ4n) is 3.68. The first-order chi connectivity index (χ1) is 16.2. The molecular weight excluding hydrogens is 453 g/mol. The van der Waals surface area contributed by atoms with Crippen molar-refractivity contribution < 1.29 is 22.4 Å². The van der Waals surface area contributed by atoms with Gasteiger partial charge in [0.25, 0.3) is 5.91 Å². The molecule has 0 unspecified atom stereocenters. The number of aromatic nitrogens is 6. The summed E-state index contributed by atoms with van der Waals surface area (Å²) in [5, 5.41) is 15.3. The highest BCUT2D eigenvalue weighted by Gasteiger charge is 2.41. The number of nitrogens with zero attached hydrogens (tertiary/aromatic N) is 5. The van der Waals surface area contributed by atoms with E-state index in [0.717, 1.165) is 22.0 Å². The summed E-state index contributed by atoms with van der Waals surface area (Å²) >= 11 is 0. The number of anilines is 1. The molecule has 4 N–H and O–H groups in total. The average molecular weight is 470 g/mol. The predicted molar refractivity (Wildman–Crippen MR) is 116 cm³/mol. The molecule has 4 aromatic heterocycles. The molecule has 0 aliphatic rings. The molecule has 0 atom stereocenters. The molecular formula is C21H17F3N8O2. The summed E-state index contributed by atoms with van der Waals surface area (Å²) < 4.78 is 45.2. The molecule has 4 heterocycles. The molecule has 1 aromatic carbocycles. The van der Waals surface area contributed by atoms with Crippen molar-refractivity contribution in [1.82, 2.24) is 35.3 Å². The van der Waals surface area contributed by atoms with Crippen molar-refractivity contribution in [3.8, 4) is 11.3 Å². The Hall–Kier alpha value is -4.42. The minimum absolute atomic E-state index is 0.00522. The molecule has 5 rings (SSSR count). The van der Waals surface area contributed by atoms with E-state index in [1.807, 2.05) is 24.3 Å². The maximum Gasteiger partial charge on any atom is 0.452 e. The lowest BCUT2D eigenvalue weighted by Crippen LogP contribution is -2.29. The molecule has 0 bridgehead atoms. The number of nitrogens with one attached hydrogen (secondary N) is 2. The van der Waals surface area contributed by atoms with Crippen LogP contribution in [0, 0.1) is 6.92 Å². The SMILES string of the molecule is Cc1nc(C(=O)NCCn2cc3c(n2)c(N)nc2cc(-c4ccn[nH]4)ccc23)c(C(F)(F)F)o1. The van der Waals surface area contributed by atoms with Crippen molar-refractivity contribution in [2.24, 2.45) is 0 Å². The Bertz CT molecular complexity index is 1520. The number of carbonyl (C=O) groups excluding carboxylic acids is 1. The fraction of sp³-hybridized carbons (Fsp3) is 0.190. The number of fused-ring (bicyclic) bond motifs is 3. The summed E-state index contributed by atoms with van der Waals surface area (Å²) in [7, 11) is 0. The smallest absolute Gasteiger partial charge is 0.436 e. The van der Waals surface area contributed by atoms with Gasteiger partial charge >= 0.3 is 6.18 Å². The Morgan fingerprint density at radius 2 is 2.06 bits per heavy atom. The van der Waals surface area contributed by atoms with Gasteiger partial charge in [0.15, 0.2) is 17.4 Å². The van der Waals surface area contributed by atoms with Gasteiger partial charge in [-0.25, -0.2) is 9.97 Å². The number of pyridine rings is 1. The lowest BCUT2D eigenvalue weighted by Gasteiger charge is -2.06. The zero-order valence-electron chi connectivity index (χ0n) is 17.6. The number of H-pyrrole nitrogens is 1. The van der Waals surface area contributed by atoms with Gasteiger partial charge in [-0.2, -0.15) is 23.4 Å². The number of nitrogens with two attached hydrogens (primary N) is 1. The topological polar surface area (TPSA) is 141 Å². The molecule has 0 spiro atoms. The van der Waals surface area contributed by atoms with Crippen molar-refractivity contribution in [1.29, 1.82) is 0 Å². The minimum Gasteiger partial charge on any atom is -0.436 e. The highest BCUT2D eigenvalue weighted by molar-refractivity contribution is 6.08. The number of hydrogen-bond donors (Lipinski definition) is 3. The van der Waals surface area contributed by atoms with Gasteiger partial charge in [0, 0.05) is 42.2 Å². The molecule has 1 amide bonds. The number of aromatic amines is 1. The number of benzene rings is 1. The third-order valence-electron chi connectivity index (χ3n) is 5.18. The molecule has 5 aromatic rings. The number of carbonyl (C=O) groups is 1. The van der Waals surface area contributed by atoms with E-state index in [4.69, 9.17) is 5.73 Å². The quantitative estimate of drug-likeness (QED) is 0.358. The maximum absolute atomic E-state index is 13.0. The first-order valence-electron chi connectivity index (χ1n) is 10.1. The summed E-state index contributed by atoms with van der Waals surface area (Å²) in [6.07, 6.45) is -1.42. The molecule has 0 saturated heterocycles. The average Bonchev–Trinajstić information content (AvgIpc) is 3.52. The first kappa shape index (κ1) is 21.4. The standard InChI is InChI=1S/C21H17F3N8O2/c1-10-28-17(18(34-10)21(22,23)24)20(33)26-6-7-32-9-13-12-3-2-11(14-4-5-27-30-14)8-15(12)29-19(25)16(13)31-32/h2-5,8-9H,6-7H2,1H3,(H2,25,29)(H,26,33)(H,27,30). The van der Waals surface area contributed by atoms with Crippen LogP contribution in [-0.4, -0.2) is 42.4 Å². The van der Waals surface area contributed by atoms with E-state index >= 15 is 0 Å². The third-order valence-corrected chi connectivity index (χ3v) is 5.18. The summed E-state index contributed by atoms with van der Waals surface area (Å²) in [6.45, 7) is 1.43. The molecule has 0 aliphatic heterocycles. The van der Waals surface area contributed by atoms with E-state index in [2.05, 4.69) is 35.0 Å². The van der Waals surface area contributed by atoms with Crippen LogP contribution in [-0.2, 0) is 12.7 Å². The van der Waals surface area contributed by atoms with E-state index in [0.29, 0.717) is 11.0 Å². The van der Waals surface area contributed by atoms with E-state index in [-0.39, 0.29) is 24.8 Å². The fourth-order valence-corrected chi connectivity index (χ4v) is 3.68. The van der Waals surface area contributed by atoms with Crippen molar-refractivity contribution in [3.05, 3.63) is 54.0 Å². The number of aryl methyl sites for hydroxylation is 1. The van der Waals surface area contributed by atoms with Gasteiger partial charge < -0.3 is 15.5 Å². The highest BCUT2D eigenvalue weighted by Crippen LogP contribution is 2.33. The molecule has 10 nitrogen and oxygen atoms in total. The van der Waals surface area contributed by atoms with Crippen molar-refractivity contribution in [3.63, 3.8) is 0 Å². The van der Waals surface area contributed by atoms with E-state index in [9.17, 15) is 18.0 Å². The number of hydrogen-bond acceptors (Lipinski definition) is 7. The lowest BCUT2D eigenvalue weighted by molar-refractivity contribution is -0.153. The van der Waals surface area contributed by atoms with Crippen molar-refractivity contribution in [2.45, 2.75) is 19.6 Å². The number of rotatable bonds is 5. The largest absolute Gasteiger partial charge is 0.452 e. The van der Waals surface area contributed by atoms with E-state index < -0.39 is 23.5 Å². The Balaban J connectivity index is 1.36. The molecule has 0 aliphatic carbocycles. The zero-order valence-corrected chi connectivity index (χ0v) is 17.6. The van der Waals surface area contributed by atoms with E-state index in [1.54, 1.807) is 17.1 Å². The lowest BCUT2D eigenvalue weighted by atomic mass is 10.1. The maximum atomic E-state index is 13.0. The van der Waals surface area contributed by atoms with Gasteiger partial charge in [-0.1, -0.05) is 12.1 Å². The van der Waals surface area contributed by atoms with Crippen LogP contribution in [0.5, 0.6) is 0 Å². The van der Waals surface area contributed by atoms with Gasteiger partial charge in [0.2, 0.25) is 5.76 Å². The van der Waals surface area contributed by atoms with Gasteiger partial charge in [-0.05, 0) is 12.1 Å². The van der Waals surface area contributed by atoms with Gasteiger partial charge in [-0.15, -0.1) is 0 Å². The molecule has 0 fully saturated rings. The van der Waals surface area contributed by atoms with Gasteiger partial charge in [-0.3, -0.25) is 14.6 Å². The highest BCUT2D eigenvalue weighted by atomic mass is 19.4. The second kappa shape index (κ2) is 7.86. The first-order valence-corrected chi connectivity index (χ1v) is 10.1. The predicted octanol–water partition coefficient (Wildman–Crippen LogP) is 3.30. The second-order valence-electron chi connectivity index (χ2n) is 7.52. The monoisotopic (exact) mass is 470 g/mol. The summed E-state index contributed by atoms with van der Waals surface area (Å²) in [6, 6.07) is 7.55. The minimum atomic E-state index is -4.82. The van der Waals surface area contributed by atoms with Crippen LogP contribution in [0.2, 0.25) is 0 Å².